The van der Waals surface area contributed by atoms with Gasteiger partial charge in [-0.05, 0) is 47.2 Å². The van der Waals surface area contributed by atoms with Crippen molar-refractivity contribution in [1.29, 1.82) is 0 Å². The Bertz CT molecular complexity index is 3210. The second-order valence-corrected chi connectivity index (χ2v) is 13.6. The van der Waals surface area contributed by atoms with Crippen molar-refractivity contribution < 1.29 is 0 Å². The zero-order valence-electron chi connectivity index (χ0n) is 29.1. The van der Waals surface area contributed by atoms with Crippen LogP contribution in [0.2, 0.25) is 0 Å². The fraction of sp³-hybridized carbons (Fsp3) is 0. The quantitative estimate of drug-likeness (QED) is 0.181. The fourth-order valence-corrected chi connectivity index (χ4v) is 8.23. The maximum absolute atomic E-state index is 5.33. The van der Waals surface area contributed by atoms with Crippen LogP contribution >= 0.6 is 0 Å². The second kappa shape index (κ2) is 12.1. The van der Waals surface area contributed by atoms with Gasteiger partial charge in [-0.3, -0.25) is 0 Å². The maximum atomic E-state index is 5.33. The van der Waals surface area contributed by atoms with E-state index in [1.54, 1.807) is 0 Å². The molecule has 0 atom stereocenters. The summed E-state index contributed by atoms with van der Waals surface area (Å²) in [5, 5.41) is 6.95. The van der Waals surface area contributed by atoms with E-state index in [9.17, 15) is 0 Å². The largest absolute Gasteiger partial charge is 0.307 e. The zero-order valence-corrected chi connectivity index (χ0v) is 29.1. The number of aromatic nitrogens is 5. The fourth-order valence-electron chi connectivity index (χ4n) is 8.23. The highest BCUT2D eigenvalue weighted by atomic mass is 15.1. The average molecular weight is 690 g/mol. The van der Waals surface area contributed by atoms with Gasteiger partial charge in [-0.2, -0.15) is 0 Å². The molecule has 0 unspecified atom stereocenters. The number of hydrogen-bond acceptors (Lipinski definition) is 3. The number of hydrogen-bond donors (Lipinski definition) is 0. The van der Waals surface area contributed by atoms with E-state index in [1.807, 2.05) is 18.2 Å². The minimum atomic E-state index is 0.622. The Morgan fingerprint density at radius 1 is 0.315 bits per heavy atom. The van der Waals surface area contributed by atoms with Gasteiger partial charge in [-0.25, -0.2) is 15.0 Å². The topological polar surface area (TPSA) is 48.5 Å². The molecule has 0 bridgehead atoms. The van der Waals surface area contributed by atoms with Crippen LogP contribution in [0.15, 0.2) is 188 Å². The Morgan fingerprint density at radius 3 is 1.57 bits per heavy atom. The molecular weight excluding hydrogens is 659 g/mol. The number of rotatable bonds is 5. The molecule has 54 heavy (non-hydrogen) atoms. The highest BCUT2D eigenvalue weighted by Gasteiger charge is 2.23. The lowest BCUT2D eigenvalue weighted by Crippen LogP contribution is -2.03. The van der Waals surface area contributed by atoms with E-state index in [4.69, 9.17) is 15.0 Å². The van der Waals surface area contributed by atoms with Gasteiger partial charge in [0.15, 0.2) is 17.5 Å². The van der Waals surface area contributed by atoms with Crippen molar-refractivity contribution in [2.24, 2.45) is 0 Å². The lowest BCUT2D eigenvalue weighted by Gasteiger charge is -2.16. The van der Waals surface area contributed by atoms with E-state index in [1.165, 1.54) is 16.2 Å². The number of para-hydroxylation sites is 5. The molecule has 0 amide bonds. The van der Waals surface area contributed by atoms with Crippen molar-refractivity contribution >= 4 is 54.4 Å². The summed E-state index contributed by atoms with van der Waals surface area (Å²) >= 11 is 0. The lowest BCUT2D eigenvalue weighted by atomic mass is 10.0. The van der Waals surface area contributed by atoms with Gasteiger partial charge in [0.05, 0.1) is 27.8 Å². The summed E-state index contributed by atoms with van der Waals surface area (Å²) in [6.45, 7) is 0. The van der Waals surface area contributed by atoms with Crippen LogP contribution in [0, 0.1) is 0 Å². The molecule has 11 aromatic rings. The molecule has 3 aromatic heterocycles. The van der Waals surface area contributed by atoms with Crippen molar-refractivity contribution in [3.05, 3.63) is 188 Å². The Hall–Kier alpha value is -7.37. The summed E-state index contributed by atoms with van der Waals surface area (Å²) in [6, 6.07) is 66.1. The van der Waals surface area contributed by atoms with Crippen LogP contribution in [0.3, 0.4) is 0 Å². The third kappa shape index (κ3) is 4.62. The SMILES string of the molecule is c1ccc(-c2nc(-c3cccc4ccccc34)nc(-c3cccc4c5ccccc5n(-c5cccc6c7ccccc7n(-c7ccccc7)c56)c34)n2)cc1. The Kier molecular flexibility index (Phi) is 6.79. The maximum Gasteiger partial charge on any atom is 0.166 e. The van der Waals surface area contributed by atoms with E-state index in [2.05, 4.69) is 179 Å². The molecule has 0 aliphatic rings. The molecule has 0 saturated heterocycles. The van der Waals surface area contributed by atoms with Crippen LogP contribution in [0.4, 0.5) is 0 Å². The van der Waals surface area contributed by atoms with Gasteiger partial charge in [0, 0.05) is 43.9 Å². The molecule has 0 fully saturated rings. The summed E-state index contributed by atoms with van der Waals surface area (Å²) in [4.78, 5) is 15.7. The number of benzene rings is 8. The van der Waals surface area contributed by atoms with Gasteiger partial charge in [0.2, 0.25) is 0 Å². The van der Waals surface area contributed by atoms with Crippen LogP contribution < -0.4 is 0 Å². The van der Waals surface area contributed by atoms with E-state index in [-0.39, 0.29) is 0 Å². The average Bonchev–Trinajstić information content (AvgIpc) is 3.77. The van der Waals surface area contributed by atoms with Gasteiger partial charge >= 0.3 is 0 Å². The number of fused-ring (bicyclic) bond motifs is 7. The van der Waals surface area contributed by atoms with Crippen molar-refractivity contribution in [2.45, 2.75) is 0 Å². The monoisotopic (exact) mass is 689 g/mol. The first kappa shape index (κ1) is 30.3. The molecule has 8 aromatic carbocycles. The molecule has 0 N–H and O–H groups in total. The first-order valence-corrected chi connectivity index (χ1v) is 18.2. The van der Waals surface area contributed by atoms with Crippen molar-refractivity contribution in [3.63, 3.8) is 0 Å². The molecule has 252 valence electrons. The molecule has 0 spiro atoms. The van der Waals surface area contributed by atoms with Crippen molar-refractivity contribution in [1.82, 2.24) is 24.1 Å². The van der Waals surface area contributed by atoms with Gasteiger partial charge in [-0.1, -0.05) is 152 Å². The third-order valence-electron chi connectivity index (χ3n) is 10.6. The predicted molar refractivity (Wildman–Crippen MR) is 222 cm³/mol. The number of nitrogens with zero attached hydrogens (tertiary/aromatic N) is 5. The highest BCUT2D eigenvalue weighted by Crippen LogP contribution is 2.42. The van der Waals surface area contributed by atoms with E-state index >= 15 is 0 Å². The normalized spacial score (nSPS) is 11.7. The van der Waals surface area contributed by atoms with Crippen molar-refractivity contribution in [3.8, 4) is 45.5 Å². The minimum Gasteiger partial charge on any atom is -0.307 e. The lowest BCUT2D eigenvalue weighted by molar-refractivity contribution is 1.07. The van der Waals surface area contributed by atoms with E-state index in [0.717, 1.165) is 66.3 Å². The summed E-state index contributed by atoms with van der Waals surface area (Å²) in [6.07, 6.45) is 0. The van der Waals surface area contributed by atoms with Crippen LogP contribution in [-0.4, -0.2) is 24.1 Å². The smallest absolute Gasteiger partial charge is 0.166 e. The second-order valence-electron chi connectivity index (χ2n) is 13.6. The highest BCUT2D eigenvalue weighted by molar-refractivity contribution is 6.17. The summed E-state index contributed by atoms with van der Waals surface area (Å²) in [5.74, 6) is 1.90. The van der Waals surface area contributed by atoms with Crippen LogP contribution in [0.25, 0.3) is 99.9 Å². The Balaban J connectivity index is 1.27. The molecule has 0 aliphatic heterocycles. The molecule has 5 heteroatoms. The molecule has 0 aliphatic carbocycles. The standard InChI is InChI=1S/C49H31N5/c1-3-17-33(18-4-1)47-50-48(40-27-13-19-32-16-7-8-22-35(32)40)52-49(51-47)41-28-14-25-38-36-23-10-12-30-43(36)54(45(38)41)44-31-15-26-39-37-24-9-11-29-42(37)53(46(39)44)34-20-5-2-6-21-34/h1-31H. The predicted octanol–water partition coefficient (Wildman–Crippen LogP) is 12.2. The summed E-state index contributed by atoms with van der Waals surface area (Å²) in [5.41, 5.74) is 9.50. The van der Waals surface area contributed by atoms with Crippen LogP contribution in [-0.2, 0) is 0 Å². The Labute approximate surface area is 311 Å². The zero-order chi connectivity index (χ0) is 35.6. The van der Waals surface area contributed by atoms with Gasteiger partial charge in [0.25, 0.3) is 0 Å². The van der Waals surface area contributed by atoms with E-state index < -0.39 is 0 Å². The third-order valence-corrected chi connectivity index (χ3v) is 10.6. The van der Waals surface area contributed by atoms with Crippen LogP contribution in [0.5, 0.6) is 0 Å². The van der Waals surface area contributed by atoms with Gasteiger partial charge < -0.3 is 9.13 Å². The van der Waals surface area contributed by atoms with Crippen molar-refractivity contribution in [2.75, 3.05) is 0 Å². The Morgan fingerprint density at radius 2 is 0.815 bits per heavy atom. The minimum absolute atomic E-state index is 0.622. The molecule has 0 radical (unpaired) electrons. The molecule has 5 nitrogen and oxygen atoms in total. The van der Waals surface area contributed by atoms with Gasteiger partial charge in [0.1, 0.15) is 0 Å². The van der Waals surface area contributed by atoms with Gasteiger partial charge in [-0.15, -0.1) is 0 Å². The molecule has 0 saturated carbocycles. The summed E-state index contributed by atoms with van der Waals surface area (Å²) in [7, 11) is 0. The summed E-state index contributed by atoms with van der Waals surface area (Å²) < 4.78 is 4.82. The molecular formula is C49H31N5. The molecule has 3 heterocycles. The van der Waals surface area contributed by atoms with Crippen LogP contribution in [0.1, 0.15) is 0 Å². The first-order chi connectivity index (χ1) is 26.8. The first-order valence-electron chi connectivity index (χ1n) is 18.2. The molecule has 11 rings (SSSR count). The van der Waals surface area contributed by atoms with E-state index in [0.29, 0.717) is 17.5 Å².